The van der Waals surface area contributed by atoms with Crippen LogP contribution in [0.4, 0.5) is 0 Å². The van der Waals surface area contributed by atoms with Crippen LogP contribution in [-0.4, -0.2) is 29.0 Å². The molecule has 0 aliphatic heterocycles. The summed E-state index contributed by atoms with van der Waals surface area (Å²) in [5.41, 5.74) is 0. The number of halogens is 1. The molecule has 0 spiro atoms. The topological polar surface area (TPSA) is 3.24 Å². The molecule has 9 heavy (non-hydrogen) atoms. The Hall–Kier alpha value is 0.690. The van der Waals surface area contributed by atoms with Gasteiger partial charge < -0.3 is 4.90 Å². The average molecular weight is 241 g/mol. The molecule has 0 aliphatic rings. The highest BCUT2D eigenvalue weighted by molar-refractivity contribution is 14.1. The average Bonchev–Trinajstić information content (AvgIpc) is 1.88. The van der Waals surface area contributed by atoms with E-state index in [0.29, 0.717) is 0 Å². The second-order valence-electron chi connectivity index (χ2n) is 2.12. The Bertz CT molecular complexity index is 50.9. The van der Waals surface area contributed by atoms with Gasteiger partial charge in [-0.3, -0.25) is 0 Å². The van der Waals surface area contributed by atoms with Gasteiger partial charge in [0.15, 0.2) is 0 Å². The van der Waals surface area contributed by atoms with Gasteiger partial charge in [0.05, 0.1) is 0 Å². The van der Waals surface area contributed by atoms with Crippen LogP contribution in [0.5, 0.6) is 0 Å². The smallest absolute Gasteiger partial charge is 0.0123 e. The minimum absolute atomic E-state index is 1.21. The maximum absolute atomic E-state index is 2.48. The lowest BCUT2D eigenvalue weighted by Crippen LogP contribution is -2.25. The van der Waals surface area contributed by atoms with E-state index in [-0.39, 0.29) is 0 Å². The molecule has 0 atom stereocenters. The van der Waals surface area contributed by atoms with Crippen molar-refractivity contribution in [3.8, 4) is 0 Å². The van der Waals surface area contributed by atoms with Crippen molar-refractivity contribution < 1.29 is 0 Å². The molecule has 0 unspecified atom stereocenters. The Morgan fingerprint density at radius 2 is 1.89 bits per heavy atom. The molecule has 0 radical (unpaired) electrons. The number of alkyl halides is 1. The van der Waals surface area contributed by atoms with Crippen molar-refractivity contribution in [2.75, 3.05) is 24.1 Å². The van der Waals surface area contributed by atoms with Gasteiger partial charge in [0.25, 0.3) is 0 Å². The molecule has 0 saturated heterocycles. The lowest BCUT2D eigenvalue weighted by molar-refractivity contribution is 0.309. The summed E-state index contributed by atoms with van der Waals surface area (Å²) >= 11 is 2.42. The van der Waals surface area contributed by atoms with Crippen LogP contribution >= 0.6 is 22.6 Å². The summed E-state index contributed by atoms with van der Waals surface area (Å²) in [4.78, 5) is 2.48. The highest BCUT2D eigenvalue weighted by atomic mass is 127. The second kappa shape index (κ2) is 6.81. The standard InChI is InChI=1S/C7H16IN/c1-3-6-9(4-2)7-5-8/h3-7H2,1-2H3. The fourth-order valence-corrected chi connectivity index (χ4v) is 1.55. The summed E-state index contributed by atoms with van der Waals surface area (Å²) in [5.74, 6) is 0. The summed E-state index contributed by atoms with van der Waals surface area (Å²) in [6.07, 6.45) is 1.28. The highest BCUT2D eigenvalue weighted by Gasteiger charge is 1.96. The predicted molar refractivity (Wildman–Crippen MR) is 51.3 cm³/mol. The van der Waals surface area contributed by atoms with Crippen molar-refractivity contribution in [1.82, 2.24) is 4.90 Å². The minimum atomic E-state index is 1.21. The SMILES string of the molecule is CCCN(CC)CCI. The first-order valence-electron chi connectivity index (χ1n) is 3.63. The third-order valence-corrected chi connectivity index (χ3v) is 1.87. The van der Waals surface area contributed by atoms with E-state index < -0.39 is 0 Å². The monoisotopic (exact) mass is 241 g/mol. The third-order valence-electron chi connectivity index (χ3n) is 1.39. The highest BCUT2D eigenvalue weighted by Crippen LogP contribution is 1.92. The summed E-state index contributed by atoms with van der Waals surface area (Å²) in [5, 5.41) is 0. The van der Waals surface area contributed by atoms with Crippen LogP contribution in [0.15, 0.2) is 0 Å². The van der Waals surface area contributed by atoms with Crippen LogP contribution in [0.25, 0.3) is 0 Å². The zero-order valence-corrected chi connectivity index (χ0v) is 8.52. The molecule has 0 rings (SSSR count). The largest absolute Gasteiger partial charge is 0.303 e. The van der Waals surface area contributed by atoms with E-state index in [2.05, 4.69) is 41.3 Å². The van der Waals surface area contributed by atoms with Gasteiger partial charge in [-0.2, -0.15) is 0 Å². The lowest BCUT2D eigenvalue weighted by Gasteiger charge is -2.17. The van der Waals surface area contributed by atoms with Gasteiger partial charge in [0, 0.05) is 11.0 Å². The normalized spacial score (nSPS) is 10.7. The maximum Gasteiger partial charge on any atom is 0.0123 e. The van der Waals surface area contributed by atoms with Crippen molar-refractivity contribution >= 4 is 22.6 Å². The zero-order valence-electron chi connectivity index (χ0n) is 6.36. The maximum atomic E-state index is 2.48. The van der Waals surface area contributed by atoms with E-state index >= 15 is 0 Å². The molecule has 0 heterocycles. The first-order valence-corrected chi connectivity index (χ1v) is 5.16. The summed E-state index contributed by atoms with van der Waals surface area (Å²) < 4.78 is 1.26. The molecule has 0 aromatic heterocycles. The summed E-state index contributed by atoms with van der Waals surface area (Å²) in [6.45, 7) is 8.18. The Morgan fingerprint density at radius 1 is 1.22 bits per heavy atom. The lowest BCUT2D eigenvalue weighted by atomic mass is 10.4. The van der Waals surface area contributed by atoms with Crippen molar-refractivity contribution in [2.45, 2.75) is 20.3 Å². The van der Waals surface area contributed by atoms with E-state index in [1.54, 1.807) is 0 Å². The molecule has 0 saturated carbocycles. The Morgan fingerprint density at radius 3 is 2.22 bits per heavy atom. The van der Waals surface area contributed by atoms with Crippen molar-refractivity contribution in [1.29, 1.82) is 0 Å². The van der Waals surface area contributed by atoms with Crippen LogP contribution in [0.1, 0.15) is 20.3 Å². The van der Waals surface area contributed by atoms with Gasteiger partial charge in [-0.05, 0) is 19.5 Å². The molecule has 0 amide bonds. The van der Waals surface area contributed by atoms with Crippen LogP contribution in [0.3, 0.4) is 0 Å². The van der Waals surface area contributed by atoms with Crippen LogP contribution < -0.4 is 0 Å². The first kappa shape index (κ1) is 9.69. The number of rotatable bonds is 5. The number of nitrogens with zero attached hydrogens (tertiary/aromatic N) is 1. The number of hydrogen-bond donors (Lipinski definition) is 0. The number of hydrogen-bond acceptors (Lipinski definition) is 1. The molecule has 0 N–H and O–H groups in total. The van der Waals surface area contributed by atoms with Gasteiger partial charge in [-0.25, -0.2) is 0 Å². The van der Waals surface area contributed by atoms with Crippen LogP contribution in [0.2, 0.25) is 0 Å². The van der Waals surface area contributed by atoms with E-state index in [1.807, 2.05) is 0 Å². The van der Waals surface area contributed by atoms with Gasteiger partial charge in [0.1, 0.15) is 0 Å². The molecule has 0 aromatic rings. The van der Waals surface area contributed by atoms with E-state index in [0.717, 1.165) is 0 Å². The Balaban J connectivity index is 3.18. The molecule has 56 valence electrons. The Kier molecular flexibility index (Phi) is 7.33. The summed E-state index contributed by atoms with van der Waals surface area (Å²) in [7, 11) is 0. The molecule has 0 aliphatic carbocycles. The van der Waals surface area contributed by atoms with Crippen molar-refractivity contribution in [3.05, 3.63) is 0 Å². The fraction of sp³-hybridized carbons (Fsp3) is 1.00. The van der Waals surface area contributed by atoms with Crippen molar-refractivity contribution in [2.24, 2.45) is 0 Å². The van der Waals surface area contributed by atoms with Gasteiger partial charge in [0.2, 0.25) is 0 Å². The molecule has 2 heteroatoms. The third kappa shape index (κ3) is 5.15. The predicted octanol–water partition coefficient (Wildman–Crippen LogP) is 2.15. The van der Waals surface area contributed by atoms with E-state index in [1.165, 1.54) is 30.5 Å². The van der Waals surface area contributed by atoms with Gasteiger partial charge in [-0.15, -0.1) is 0 Å². The fourth-order valence-electron chi connectivity index (χ4n) is 0.864. The van der Waals surface area contributed by atoms with Gasteiger partial charge >= 0.3 is 0 Å². The minimum Gasteiger partial charge on any atom is -0.303 e. The Labute approximate surface area is 72.0 Å². The van der Waals surface area contributed by atoms with Crippen LogP contribution in [-0.2, 0) is 0 Å². The van der Waals surface area contributed by atoms with E-state index in [4.69, 9.17) is 0 Å². The van der Waals surface area contributed by atoms with E-state index in [9.17, 15) is 0 Å². The van der Waals surface area contributed by atoms with Crippen molar-refractivity contribution in [3.63, 3.8) is 0 Å². The molecule has 1 nitrogen and oxygen atoms in total. The summed E-state index contributed by atoms with van der Waals surface area (Å²) in [6, 6.07) is 0. The molecule has 0 aromatic carbocycles. The van der Waals surface area contributed by atoms with Crippen LogP contribution in [0, 0.1) is 0 Å². The first-order chi connectivity index (χ1) is 4.35. The second-order valence-corrected chi connectivity index (χ2v) is 3.20. The quantitative estimate of drug-likeness (QED) is 0.526. The van der Waals surface area contributed by atoms with Gasteiger partial charge in [-0.1, -0.05) is 36.4 Å². The molecule has 0 bridgehead atoms. The molecular weight excluding hydrogens is 225 g/mol. The molecular formula is C7H16IN. The zero-order chi connectivity index (χ0) is 7.11. The molecule has 0 fully saturated rings.